The number of benzene rings is 1. The molecule has 1 fully saturated rings. The Morgan fingerprint density at radius 1 is 1.32 bits per heavy atom. The highest BCUT2D eigenvalue weighted by Crippen LogP contribution is 2.26. The van der Waals surface area contributed by atoms with Crippen molar-refractivity contribution in [2.75, 3.05) is 13.1 Å². The number of carbonyl (C=O) groups excluding carboxylic acids is 1. The summed E-state index contributed by atoms with van der Waals surface area (Å²) in [5.74, 6) is -0.506. The fraction of sp³-hybridized carbons (Fsp3) is 0.375. The predicted molar refractivity (Wildman–Crippen MR) is 91.3 cm³/mol. The van der Waals surface area contributed by atoms with Crippen molar-refractivity contribution in [3.8, 4) is 0 Å². The van der Waals surface area contributed by atoms with E-state index >= 15 is 0 Å². The van der Waals surface area contributed by atoms with Crippen molar-refractivity contribution in [2.24, 2.45) is 5.73 Å². The molecule has 1 aliphatic heterocycles. The average molecular weight is 365 g/mol. The molecule has 0 amide bonds. The van der Waals surface area contributed by atoms with Crippen molar-refractivity contribution < 1.29 is 17.9 Å². The largest absolute Gasteiger partial charge is 0.444 e. The summed E-state index contributed by atoms with van der Waals surface area (Å²) in [4.78, 5) is 23.5. The molecule has 2 N–H and O–H groups in total. The lowest BCUT2D eigenvalue weighted by Gasteiger charge is -2.17. The summed E-state index contributed by atoms with van der Waals surface area (Å²) in [6.45, 7) is 1.66. The number of rotatable bonds is 4. The number of ether oxygens (including phenoxy) is 1. The molecule has 1 saturated heterocycles. The topological polar surface area (TPSA) is 112 Å². The van der Waals surface area contributed by atoms with Gasteiger partial charge in [0.1, 0.15) is 0 Å². The molecular formula is C16H19N3O5S. The number of sulfonamides is 1. The van der Waals surface area contributed by atoms with E-state index in [1.54, 1.807) is 12.1 Å². The van der Waals surface area contributed by atoms with Crippen molar-refractivity contribution in [3.63, 3.8) is 0 Å². The van der Waals surface area contributed by atoms with Gasteiger partial charge in [-0.05, 0) is 24.6 Å². The Bertz CT molecular complexity index is 983. The van der Waals surface area contributed by atoms with E-state index in [2.05, 4.69) is 0 Å². The number of pyridine rings is 1. The molecule has 1 atom stereocenters. The maximum atomic E-state index is 12.9. The second-order valence-corrected chi connectivity index (χ2v) is 7.89. The van der Waals surface area contributed by atoms with Gasteiger partial charge in [0.15, 0.2) is 6.73 Å². The second-order valence-electron chi connectivity index (χ2n) is 5.98. The molecule has 0 aliphatic carbocycles. The van der Waals surface area contributed by atoms with Gasteiger partial charge in [-0.1, -0.05) is 6.07 Å². The molecule has 0 bridgehead atoms. The van der Waals surface area contributed by atoms with Crippen molar-refractivity contribution in [1.29, 1.82) is 0 Å². The monoisotopic (exact) mass is 365 g/mol. The summed E-state index contributed by atoms with van der Waals surface area (Å²) in [5, 5.41) is 0.589. The Morgan fingerprint density at radius 3 is 2.72 bits per heavy atom. The van der Waals surface area contributed by atoms with Gasteiger partial charge < -0.3 is 10.5 Å². The minimum atomic E-state index is -3.73. The van der Waals surface area contributed by atoms with E-state index in [0.29, 0.717) is 18.4 Å². The third kappa shape index (κ3) is 3.30. The first kappa shape index (κ1) is 17.6. The molecule has 1 aromatic carbocycles. The first-order valence-corrected chi connectivity index (χ1v) is 9.26. The van der Waals surface area contributed by atoms with E-state index < -0.39 is 21.6 Å². The van der Waals surface area contributed by atoms with Crippen LogP contribution in [-0.4, -0.2) is 42.4 Å². The lowest BCUT2D eigenvalue weighted by Crippen LogP contribution is -2.32. The molecule has 0 spiro atoms. The summed E-state index contributed by atoms with van der Waals surface area (Å²) >= 11 is 0. The summed E-state index contributed by atoms with van der Waals surface area (Å²) in [6, 6.07) is 5.94. The first-order chi connectivity index (χ1) is 11.8. The van der Waals surface area contributed by atoms with E-state index in [9.17, 15) is 18.0 Å². The molecule has 2 heterocycles. The van der Waals surface area contributed by atoms with Crippen LogP contribution in [0.5, 0.6) is 0 Å². The summed E-state index contributed by atoms with van der Waals surface area (Å²) < 4.78 is 33.2. The van der Waals surface area contributed by atoms with Crippen LogP contribution in [0.3, 0.4) is 0 Å². The summed E-state index contributed by atoms with van der Waals surface area (Å²) in [5.41, 5.74) is 5.39. The Hall–Kier alpha value is -2.23. The molecule has 0 unspecified atom stereocenters. The number of nitrogens with two attached hydrogens (primary N) is 1. The highest BCUT2D eigenvalue weighted by molar-refractivity contribution is 7.89. The Labute approximate surface area is 144 Å². The Balaban J connectivity index is 2.07. The molecule has 3 rings (SSSR count). The number of hydrogen-bond donors (Lipinski definition) is 1. The van der Waals surface area contributed by atoms with Gasteiger partial charge in [-0.25, -0.2) is 8.42 Å². The quantitative estimate of drug-likeness (QED) is 0.777. The zero-order chi connectivity index (χ0) is 18.2. The van der Waals surface area contributed by atoms with E-state index in [1.807, 2.05) is 0 Å². The lowest BCUT2D eigenvalue weighted by atomic mass is 10.2. The van der Waals surface area contributed by atoms with E-state index in [4.69, 9.17) is 10.5 Å². The maximum Gasteiger partial charge on any atom is 0.304 e. The molecule has 9 heteroatoms. The van der Waals surface area contributed by atoms with Gasteiger partial charge in [-0.15, -0.1) is 0 Å². The molecular weight excluding hydrogens is 346 g/mol. The lowest BCUT2D eigenvalue weighted by molar-refractivity contribution is -0.144. The van der Waals surface area contributed by atoms with Crippen LogP contribution in [0, 0.1) is 0 Å². The maximum absolute atomic E-state index is 12.9. The third-order valence-electron chi connectivity index (χ3n) is 4.19. The fourth-order valence-electron chi connectivity index (χ4n) is 2.89. The van der Waals surface area contributed by atoms with Crippen molar-refractivity contribution in [1.82, 2.24) is 8.87 Å². The third-order valence-corrected chi connectivity index (χ3v) is 6.11. The average Bonchev–Trinajstić information content (AvgIpc) is 3.01. The number of esters is 1. The van der Waals surface area contributed by atoms with Crippen LogP contribution in [-0.2, 0) is 26.3 Å². The highest BCUT2D eigenvalue weighted by Gasteiger charge is 2.32. The number of hydrogen-bond acceptors (Lipinski definition) is 6. The van der Waals surface area contributed by atoms with Gasteiger partial charge in [0.05, 0.1) is 4.90 Å². The molecule has 134 valence electrons. The van der Waals surface area contributed by atoms with Crippen LogP contribution in [0.15, 0.2) is 40.2 Å². The summed E-state index contributed by atoms with van der Waals surface area (Å²) in [6.07, 6.45) is 2.03. The van der Waals surface area contributed by atoms with E-state index in [0.717, 1.165) is 0 Å². The SMILES string of the molecule is CC(=O)OCn1ccc2c(S(=O)(=O)N3CC[C@H](N)C3)cccc2c1=O. The molecule has 0 radical (unpaired) electrons. The number of carbonyl (C=O) groups is 1. The van der Waals surface area contributed by atoms with Crippen LogP contribution in [0.4, 0.5) is 0 Å². The van der Waals surface area contributed by atoms with Crippen LogP contribution < -0.4 is 11.3 Å². The zero-order valence-corrected chi connectivity index (χ0v) is 14.5. The van der Waals surface area contributed by atoms with Gasteiger partial charge in [0.2, 0.25) is 10.0 Å². The standard InChI is InChI=1S/C16H19N3O5S/c1-11(20)24-10-18-7-6-13-14(16(18)21)3-2-4-15(13)25(22,23)19-8-5-12(17)9-19/h2-4,6-7,12H,5,8-10,17H2,1H3/t12-/m0/s1. The molecule has 0 saturated carbocycles. The van der Waals surface area contributed by atoms with Gasteiger partial charge in [-0.3, -0.25) is 14.2 Å². The fourth-order valence-corrected chi connectivity index (χ4v) is 4.61. The van der Waals surface area contributed by atoms with Gasteiger partial charge >= 0.3 is 5.97 Å². The van der Waals surface area contributed by atoms with Gasteiger partial charge in [0, 0.05) is 43.0 Å². The van der Waals surface area contributed by atoms with Crippen molar-refractivity contribution in [2.45, 2.75) is 31.0 Å². The molecule has 2 aromatic rings. The molecule has 25 heavy (non-hydrogen) atoms. The van der Waals surface area contributed by atoms with E-state index in [-0.39, 0.29) is 29.6 Å². The van der Waals surface area contributed by atoms with Crippen LogP contribution in [0.1, 0.15) is 13.3 Å². The molecule has 1 aliphatic rings. The van der Waals surface area contributed by atoms with Gasteiger partial charge in [-0.2, -0.15) is 4.31 Å². The first-order valence-electron chi connectivity index (χ1n) is 7.82. The molecule has 8 nitrogen and oxygen atoms in total. The summed E-state index contributed by atoms with van der Waals surface area (Å²) in [7, 11) is -3.73. The predicted octanol–water partition coefficient (Wildman–Crippen LogP) is 0.244. The van der Waals surface area contributed by atoms with Crippen molar-refractivity contribution in [3.05, 3.63) is 40.8 Å². The Morgan fingerprint density at radius 2 is 2.08 bits per heavy atom. The number of nitrogens with zero attached hydrogens (tertiary/aromatic N) is 2. The zero-order valence-electron chi connectivity index (χ0n) is 13.7. The van der Waals surface area contributed by atoms with Crippen LogP contribution in [0.2, 0.25) is 0 Å². The van der Waals surface area contributed by atoms with Crippen LogP contribution in [0.25, 0.3) is 10.8 Å². The normalized spacial score (nSPS) is 18.6. The smallest absolute Gasteiger partial charge is 0.304 e. The highest BCUT2D eigenvalue weighted by atomic mass is 32.2. The second kappa shape index (κ2) is 6.58. The van der Waals surface area contributed by atoms with Crippen molar-refractivity contribution >= 4 is 26.8 Å². The van der Waals surface area contributed by atoms with E-state index in [1.165, 1.54) is 34.1 Å². The van der Waals surface area contributed by atoms with Gasteiger partial charge in [0.25, 0.3) is 5.56 Å². The number of aromatic nitrogens is 1. The minimum absolute atomic E-state index is 0.0795. The Kier molecular flexibility index (Phi) is 4.63. The molecule has 1 aromatic heterocycles. The van der Waals surface area contributed by atoms with Crippen LogP contribution >= 0.6 is 0 Å². The number of fused-ring (bicyclic) bond motifs is 1. The minimum Gasteiger partial charge on any atom is -0.444 e.